The predicted octanol–water partition coefficient (Wildman–Crippen LogP) is 2.36. The summed E-state index contributed by atoms with van der Waals surface area (Å²) in [5.41, 5.74) is 1.00. The number of fused-ring (bicyclic) bond motifs is 1. The Balaban J connectivity index is 2.94. The van der Waals surface area contributed by atoms with Crippen molar-refractivity contribution < 1.29 is 4.39 Å². The second-order valence-electron chi connectivity index (χ2n) is 2.64. The zero-order valence-electron chi connectivity index (χ0n) is 6.79. The van der Waals surface area contributed by atoms with Crippen LogP contribution in [0.2, 0.25) is 0 Å². The van der Waals surface area contributed by atoms with Gasteiger partial charge in [0.15, 0.2) is 0 Å². The number of terminal acetylenes is 1. The molecule has 0 atom stereocenters. The highest BCUT2D eigenvalue weighted by molar-refractivity contribution is 5.84. The van der Waals surface area contributed by atoms with E-state index in [9.17, 15) is 4.39 Å². The van der Waals surface area contributed by atoms with Gasteiger partial charge < -0.3 is 0 Å². The van der Waals surface area contributed by atoms with Crippen molar-refractivity contribution in [2.24, 2.45) is 0 Å². The summed E-state index contributed by atoms with van der Waals surface area (Å²) in [4.78, 5) is 3.92. The van der Waals surface area contributed by atoms with Crippen LogP contribution in [0.1, 0.15) is 5.56 Å². The van der Waals surface area contributed by atoms with E-state index in [0.717, 1.165) is 0 Å². The van der Waals surface area contributed by atoms with Gasteiger partial charge in [-0.05, 0) is 12.1 Å². The number of hydrogen-bond donors (Lipinski definition) is 0. The molecule has 0 aliphatic rings. The van der Waals surface area contributed by atoms with Crippen molar-refractivity contribution in [3.63, 3.8) is 0 Å². The minimum absolute atomic E-state index is 0.331. The zero-order valence-corrected chi connectivity index (χ0v) is 6.79. The Labute approximate surface area is 75.2 Å². The molecule has 1 aromatic carbocycles. The molecule has 0 aliphatic heterocycles. The Morgan fingerprint density at radius 1 is 1.31 bits per heavy atom. The van der Waals surface area contributed by atoms with E-state index in [-0.39, 0.29) is 5.82 Å². The topological polar surface area (TPSA) is 12.9 Å². The number of pyridine rings is 1. The van der Waals surface area contributed by atoms with E-state index in [4.69, 9.17) is 6.42 Å². The van der Waals surface area contributed by atoms with Gasteiger partial charge in [-0.15, -0.1) is 6.42 Å². The van der Waals surface area contributed by atoms with Crippen molar-refractivity contribution in [2.45, 2.75) is 0 Å². The summed E-state index contributed by atoms with van der Waals surface area (Å²) in [6, 6.07) is 6.46. The summed E-state index contributed by atoms with van der Waals surface area (Å²) in [5, 5.41) is 0.685. The van der Waals surface area contributed by atoms with Crippen LogP contribution in [0.25, 0.3) is 10.9 Å². The number of rotatable bonds is 0. The first-order valence-electron chi connectivity index (χ1n) is 3.83. The third kappa shape index (κ3) is 1.15. The van der Waals surface area contributed by atoms with E-state index in [1.54, 1.807) is 18.2 Å². The third-order valence-corrected chi connectivity index (χ3v) is 1.88. The smallest absolute Gasteiger partial charge is 0.149 e. The fourth-order valence-corrected chi connectivity index (χ4v) is 1.27. The quantitative estimate of drug-likeness (QED) is 0.554. The Morgan fingerprint density at radius 3 is 2.92 bits per heavy atom. The molecule has 0 bridgehead atoms. The summed E-state index contributed by atoms with van der Waals surface area (Å²) in [7, 11) is 0. The molecule has 0 saturated carbocycles. The number of para-hydroxylation sites is 1. The second kappa shape index (κ2) is 2.87. The second-order valence-corrected chi connectivity index (χ2v) is 2.64. The summed E-state index contributed by atoms with van der Waals surface area (Å²) in [6.07, 6.45) is 6.78. The van der Waals surface area contributed by atoms with Crippen LogP contribution in [-0.2, 0) is 0 Å². The SMILES string of the molecule is C#Cc1ccnc2c(F)cccc12. The molecule has 2 rings (SSSR count). The number of halogens is 1. The van der Waals surface area contributed by atoms with Crippen LogP contribution in [0.15, 0.2) is 30.5 Å². The normalized spacial score (nSPS) is 9.85. The van der Waals surface area contributed by atoms with Crippen LogP contribution in [0.3, 0.4) is 0 Å². The molecule has 62 valence electrons. The van der Waals surface area contributed by atoms with Gasteiger partial charge in [-0.2, -0.15) is 0 Å². The predicted molar refractivity (Wildman–Crippen MR) is 49.6 cm³/mol. The molecule has 0 fully saturated rings. The van der Waals surface area contributed by atoms with Crippen LogP contribution in [0, 0.1) is 18.2 Å². The lowest BCUT2D eigenvalue weighted by atomic mass is 10.1. The molecule has 0 radical (unpaired) electrons. The molecule has 13 heavy (non-hydrogen) atoms. The first kappa shape index (κ1) is 7.75. The molecule has 2 aromatic rings. The maximum atomic E-state index is 13.2. The summed E-state index contributed by atoms with van der Waals surface area (Å²) < 4.78 is 13.2. The van der Waals surface area contributed by atoms with Gasteiger partial charge in [-0.25, -0.2) is 4.39 Å². The molecular weight excluding hydrogens is 165 g/mol. The molecule has 2 heteroatoms. The van der Waals surface area contributed by atoms with Crippen LogP contribution in [0.5, 0.6) is 0 Å². The van der Waals surface area contributed by atoms with E-state index in [1.165, 1.54) is 12.3 Å². The highest BCUT2D eigenvalue weighted by atomic mass is 19.1. The lowest BCUT2D eigenvalue weighted by Crippen LogP contribution is -1.86. The van der Waals surface area contributed by atoms with Crippen molar-refractivity contribution in [3.8, 4) is 12.3 Å². The molecule has 1 aromatic heterocycles. The van der Waals surface area contributed by atoms with Crippen molar-refractivity contribution >= 4 is 10.9 Å². The molecule has 0 spiro atoms. The van der Waals surface area contributed by atoms with E-state index < -0.39 is 0 Å². The van der Waals surface area contributed by atoms with Crippen LogP contribution < -0.4 is 0 Å². The van der Waals surface area contributed by atoms with Gasteiger partial charge in [0.1, 0.15) is 11.3 Å². The number of nitrogens with zero attached hydrogens (tertiary/aromatic N) is 1. The van der Waals surface area contributed by atoms with E-state index in [0.29, 0.717) is 16.5 Å². The average Bonchev–Trinajstić information content (AvgIpc) is 2.18. The number of hydrogen-bond acceptors (Lipinski definition) is 1. The Kier molecular flexibility index (Phi) is 1.71. The van der Waals surface area contributed by atoms with E-state index in [2.05, 4.69) is 10.9 Å². The Hall–Kier alpha value is -1.88. The number of benzene rings is 1. The molecule has 0 amide bonds. The first-order valence-corrected chi connectivity index (χ1v) is 3.83. The molecule has 0 saturated heterocycles. The maximum Gasteiger partial charge on any atom is 0.149 e. The van der Waals surface area contributed by atoms with Crippen molar-refractivity contribution in [1.29, 1.82) is 0 Å². The average molecular weight is 171 g/mol. The molecule has 0 N–H and O–H groups in total. The zero-order chi connectivity index (χ0) is 9.26. The van der Waals surface area contributed by atoms with Crippen molar-refractivity contribution in [2.75, 3.05) is 0 Å². The van der Waals surface area contributed by atoms with Gasteiger partial charge in [0, 0.05) is 17.1 Å². The number of aromatic nitrogens is 1. The largest absolute Gasteiger partial charge is 0.253 e. The fourth-order valence-electron chi connectivity index (χ4n) is 1.27. The van der Waals surface area contributed by atoms with Gasteiger partial charge >= 0.3 is 0 Å². The van der Waals surface area contributed by atoms with E-state index in [1.807, 2.05) is 0 Å². The standard InChI is InChI=1S/C11H6FN/c1-2-8-6-7-13-11-9(8)4-3-5-10(11)12/h1,3-7H. The summed E-state index contributed by atoms with van der Waals surface area (Å²) in [5.74, 6) is 2.15. The third-order valence-electron chi connectivity index (χ3n) is 1.88. The highest BCUT2D eigenvalue weighted by Crippen LogP contribution is 2.17. The lowest BCUT2D eigenvalue weighted by molar-refractivity contribution is 0.637. The van der Waals surface area contributed by atoms with Gasteiger partial charge in [-0.3, -0.25) is 4.98 Å². The van der Waals surface area contributed by atoms with E-state index >= 15 is 0 Å². The Morgan fingerprint density at radius 2 is 2.15 bits per heavy atom. The van der Waals surface area contributed by atoms with Crippen molar-refractivity contribution in [3.05, 3.63) is 41.8 Å². The van der Waals surface area contributed by atoms with Gasteiger partial charge in [-0.1, -0.05) is 18.1 Å². The molecule has 0 aliphatic carbocycles. The van der Waals surface area contributed by atoms with Crippen LogP contribution >= 0.6 is 0 Å². The minimum Gasteiger partial charge on any atom is -0.253 e. The van der Waals surface area contributed by atoms with Crippen LogP contribution in [-0.4, -0.2) is 4.98 Å². The highest BCUT2D eigenvalue weighted by Gasteiger charge is 2.02. The minimum atomic E-state index is -0.338. The summed E-state index contributed by atoms with van der Waals surface area (Å²) in [6.45, 7) is 0. The maximum absolute atomic E-state index is 13.2. The molecule has 1 heterocycles. The molecule has 0 unspecified atom stereocenters. The molecule has 1 nitrogen and oxygen atoms in total. The van der Waals surface area contributed by atoms with Gasteiger partial charge in [0.25, 0.3) is 0 Å². The Bertz CT molecular complexity index is 497. The fraction of sp³-hybridized carbons (Fsp3) is 0. The van der Waals surface area contributed by atoms with Crippen molar-refractivity contribution in [1.82, 2.24) is 4.98 Å². The molecular formula is C11H6FN. The summed E-state index contributed by atoms with van der Waals surface area (Å²) >= 11 is 0. The van der Waals surface area contributed by atoms with Gasteiger partial charge in [0.2, 0.25) is 0 Å². The monoisotopic (exact) mass is 171 g/mol. The van der Waals surface area contributed by atoms with Gasteiger partial charge in [0.05, 0.1) is 0 Å². The van der Waals surface area contributed by atoms with Crippen LogP contribution in [0.4, 0.5) is 4.39 Å². The first-order chi connectivity index (χ1) is 6.33. The lowest BCUT2D eigenvalue weighted by Gasteiger charge is -1.99.